The van der Waals surface area contributed by atoms with Gasteiger partial charge in [-0.25, -0.2) is 0 Å². The summed E-state index contributed by atoms with van der Waals surface area (Å²) in [5, 5.41) is 0. The second-order valence-corrected chi connectivity index (χ2v) is 18.9. The second kappa shape index (κ2) is 56.2. The molecule has 1 unspecified atom stereocenters. The standard InChI is InChI=1S/C62H106O6/c1-4-7-10-13-16-19-22-25-28-31-32-35-37-40-43-46-49-52-55-61(64)67-58-59(68-62(65)56-53-50-47-44-41-38-34-30-27-24-21-18-15-12-9-6-3)57-66-60(63)54-51-48-45-42-39-36-33-29-26-23-20-17-14-11-8-5-2/h9,12,18,21-22,25,27-33,35,59H,4-8,10-11,13-17,19-20,23-24,26,34,36-58H2,1-3H3/b12-9-,21-18-,25-22-,30-27-,31-28-,33-29-,35-32-. The molecule has 0 spiro atoms. The quantitative estimate of drug-likeness (QED) is 0.0199. The van der Waals surface area contributed by atoms with Crippen molar-refractivity contribution in [2.75, 3.05) is 13.2 Å². The molecule has 0 aliphatic carbocycles. The van der Waals surface area contributed by atoms with Crippen molar-refractivity contribution < 1.29 is 28.6 Å². The van der Waals surface area contributed by atoms with Crippen molar-refractivity contribution in [3.05, 3.63) is 85.1 Å². The Hall–Kier alpha value is -3.41. The van der Waals surface area contributed by atoms with E-state index in [2.05, 4.69) is 106 Å². The predicted molar refractivity (Wildman–Crippen MR) is 293 cm³/mol. The summed E-state index contributed by atoms with van der Waals surface area (Å²) in [4.78, 5) is 38.2. The first-order valence-electron chi connectivity index (χ1n) is 28.6. The first-order valence-corrected chi connectivity index (χ1v) is 28.6. The number of carbonyl (C=O) groups excluding carboxylic acids is 3. The fourth-order valence-corrected chi connectivity index (χ4v) is 7.86. The van der Waals surface area contributed by atoms with Gasteiger partial charge in [-0.15, -0.1) is 0 Å². The lowest BCUT2D eigenvalue weighted by molar-refractivity contribution is -0.167. The van der Waals surface area contributed by atoms with Gasteiger partial charge in [0, 0.05) is 19.3 Å². The Bertz CT molecular complexity index is 1320. The summed E-state index contributed by atoms with van der Waals surface area (Å²) in [5.74, 6) is -0.929. The summed E-state index contributed by atoms with van der Waals surface area (Å²) in [6, 6.07) is 0. The lowest BCUT2D eigenvalue weighted by Gasteiger charge is -2.18. The highest BCUT2D eigenvalue weighted by Crippen LogP contribution is 2.14. The number of allylic oxidation sites excluding steroid dienone is 14. The van der Waals surface area contributed by atoms with Gasteiger partial charge >= 0.3 is 17.9 Å². The van der Waals surface area contributed by atoms with Crippen LogP contribution < -0.4 is 0 Å². The third-order valence-corrected chi connectivity index (χ3v) is 12.2. The zero-order chi connectivity index (χ0) is 49.3. The minimum atomic E-state index is -0.796. The van der Waals surface area contributed by atoms with Crippen molar-refractivity contribution in [3.63, 3.8) is 0 Å². The SMILES string of the molecule is CC/C=C\C/C=C\C/C=C\CCCCCCCCC(=O)OC(COC(=O)CCCCCCC\C=C/C=C\C=C/CCCCCCC)COC(=O)CCCCCCC/C=C\CCCCCCCCC. The van der Waals surface area contributed by atoms with Crippen LogP contribution in [-0.4, -0.2) is 37.2 Å². The molecule has 0 heterocycles. The number of hydrogen-bond acceptors (Lipinski definition) is 6. The normalized spacial score (nSPS) is 12.7. The fourth-order valence-electron chi connectivity index (χ4n) is 7.86. The summed E-state index contributed by atoms with van der Waals surface area (Å²) in [6.07, 6.45) is 72.8. The molecule has 0 aromatic carbocycles. The summed E-state index contributed by atoms with van der Waals surface area (Å²) in [7, 11) is 0. The first kappa shape index (κ1) is 64.6. The Balaban J connectivity index is 4.46. The van der Waals surface area contributed by atoms with Crippen molar-refractivity contribution in [1.29, 1.82) is 0 Å². The molecule has 0 rings (SSSR count). The van der Waals surface area contributed by atoms with E-state index in [0.717, 1.165) is 122 Å². The van der Waals surface area contributed by atoms with E-state index in [-0.39, 0.29) is 31.1 Å². The van der Waals surface area contributed by atoms with E-state index < -0.39 is 6.10 Å². The zero-order valence-corrected chi connectivity index (χ0v) is 44.6. The minimum absolute atomic E-state index is 0.0930. The average molecular weight is 948 g/mol. The maximum absolute atomic E-state index is 12.8. The Labute approximate surface area is 420 Å². The van der Waals surface area contributed by atoms with Crippen LogP contribution in [0, 0.1) is 0 Å². The smallest absolute Gasteiger partial charge is 0.306 e. The molecule has 1 atom stereocenters. The van der Waals surface area contributed by atoms with E-state index in [9.17, 15) is 14.4 Å². The third kappa shape index (κ3) is 53.5. The zero-order valence-electron chi connectivity index (χ0n) is 44.6. The fraction of sp³-hybridized carbons (Fsp3) is 0.726. The first-order chi connectivity index (χ1) is 33.5. The highest BCUT2D eigenvalue weighted by atomic mass is 16.6. The van der Waals surface area contributed by atoms with Crippen LogP contribution in [0.15, 0.2) is 85.1 Å². The number of rotatable bonds is 51. The molecule has 0 aromatic heterocycles. The molecule has 0 aliphatic rings. The number of esters is 3. The van der Waals surface area contributed by atoms with E-state index in [1.807, 2.05) is 0 Å². The van der Waals surface area contributed by atoms with Crippen molar-refractivity contribution >= 4 is 17.9 Å². The predicted octanol–water partition coefficient (Wildman–Crippen LogP) is 19.2. The largest absolute Gasteiger partial charge is 0.462 e. The molecular weight excluding hydrogens is 841 g/mol. The molecule has 6 nitrogen and oxygen atoms in total. The van der Waals surface area contributed by atoms with Crippen molar-refractivity contribution in [2.45, 2.75) is 277 Å². The Morgan fingerprint density at radius 3 is 1.03 bits per heavy atom. The van der Waals surface area contributed by atoms with Crippen LogP contribution in [0.2, 0.25) is 0 Å². The van der Waals surface area contributed by atoms with Crippen LogP contribution in [0.25, 0.3) is 0 Å². The molecule has 0 bridgehead atoms. The van der Waals surface area contributed by atoms with Gasteiger partial charge in [0.15, 0.2) is 6.10 Å². The van der Waals surface area contributed by atoms with E-state index >= 15 is 0 Å². The molecule has 0 saturated heterocycles. The molecule has 6 heteroatoms. The van der Waals surface area contributed by atoms with Gasteiger partial charge in [-0.05, 0) is 103 Å². The highest BCUT2D eigenvalue weighted by Gasteiger charge is 2.19. The van der Waals surface area contributed by atoms with E-state index in [1.165, 1.54) is 109 Å². The average Bonchev–Trinajstić information content (AvgIpc) is 3.34. The summed E-state index contributed by atoms with van der Waals surface area (Å²) in [6.45, 7) is 6.49. The van der Waals surface area contributed by atoms with Gasteiger partial charge < -0.3 is 14.2 Å². The van der Waals surface area contributed by atoms with Gasteiger partial charge in [-0.1, -0.05) is 234 Å². The molecule has 0 aliphatic heterocycles. The lowest BCUT2D eigenvalue weighted by atomic mass is 10.1. The van der Waals surface area contributed by atoms with Crippen LogP contribution in [0.3, 0.4) is 0 Å². The number of ether oxygens (including phenoxy) is 3. The monoisotopic (exact) mass is 947 g/mol. The van der Waals surface area contributed by atoms with Gasteiger partial charge in [0.25, 0.3) is 0 Å². The van der Waals surface area contributed by atoms with Gasteiger partial charge in [-0.3, -0.25) is 14.4 Å². The molecule has 0 saturated carbocycles. The van der Waals surface area contributed by atoms with Crippen LogP contribution >= 0.6 is 0 Å². The molecule has 0 aromatic rings. The van der Waals surface area contributed by atoms with Crippen molar-refractivity contribution in [3.8, 4) is 0 Å². The molecule has 390 valence electrons. The Morgan fingerprint density at radius 1 is 0.324 bits per heavy atom. The highest BCUT2D eigenvalue weighted by molar-refractivity contribution is 5.71. The number of hydrogen-bond donors (Lipinski definition) is 0. The van der Waals surface area contributed by atoms with Crippen molar-refractivity contribution in [1.82, 2.24) is 0 Å². The van der Waals surface area contributed by atoms with Crippen LogP contribution in [-0.2, 0) is 28.6 Å². The van der Waals surface area contributed by atoms with Crippen LogP contribution in [0.4, 0.5) is 0 Å². The molecule has 0 fully saturated rings. The third-order valence-electron chi connectivity index (χ3n) is 12.2. The van der Waals surface area contributed by atoms with Crippen molar-refractivity contribution in [2.24, 2.45) is 0 Å². The Kier molecular flexibility index (Phi) is 53.4. The van der Waals surface area contributed by atoms with Crippen LogP contribution in [0.5, 0.6) is 0 Å². The number of unbranched alkanes of at least 4 members (excludes halogenated alkanes) is 28. The maximum atomic E-state index is 12.8. The van der Waals surface area contributed by atoms with Gasteiger partial charge in [0.1, 0.15) is 13.2 Å². The summed E-state index contributed by atoms with van der Waals surface area (Å²) < 4.78 is 16.8. The molecular formula is C62H106O6. The van der Waals surface area contributed by atoms with Gasteiger partial charge in [0.05, 0.1) is 0 Å². The van der Waals surface area contributed by atoms with E-state index in [4.69, 9.17) is 14.2 Å². The second-order valence-electron chi connectivity index (χ2n) is 18.9. The van der Waals surface area contributed by atoms with Crippen LogP contribution in [0.1, 0.15) is 271 Å². The Morgan fingerprint density at radius 2 is 0.632 bits per heavy atom. The van der Waals surface area contributed by atoms with Gasteiger partial charge in [0.2, 0.25) is 0 Å². The summed E-state index contributed by atoms with van der Waals surface area (Å²) >= 11 is 0. The summed E-state index contributed by atoms with van der Waals surface area (Å²) in [5.41, 5.74) is 0. The molecule has 0 amide bonds. The maximum Gasteiger partial charge on any atom is 0.306 e. The lowest BCUT2D eigenvalue weighted by Crippen LogP contribution is -2.30. The topological polar surface area (TPSA) is 78.9 Å². The molecule has 0 N–H and O–H groups in total. The minimum Gasteiger partial charge on any atom is -0.462 e. The number of carbonyl (C=O) groups is 3. The molecule has 0 radical (unpaired) electrons. The van der Waals surface area contributed by atoms with E-state index in [1.54, 1.807) is 0 Å². The van der Waals surface area contributed by atoms with Gasteiger partial charge in [-0.2, -0.15) is 0 Å². The van der Waals surface area contributed by atoms with E-state index in [0.29, 0.717) is 19.3 Å². The molecule has 68 heavy (non-hydrogen) atoms.